The van der Waals surface area contributed by atoms with Crippen molar-refractivity contribution in [3.8, 4) is 6.07 Å². The van der Waals surface area contributed by atoms with Crippen LogP contribution in [0.3, 0.4) is 0 Å². The molecule has 6 nitrogen and oxygen atoms in total. The van der Waals surface area contributed by atoms with Gasteiger partial charge in [-0.25, -0.2) is 4.79 Å². The largest absolute Gasteiger partial charge is 0.352 e. The summed E-state index contributed by atoms with van der Waals surface area (Å²) in [5.74, 6) is -0.351. The fraction of sp³-hybridized carbons (Fsp3) is 0.182. The number of nitrogens with one attached hydrogen (secondary N) is 2. The van der Waals surface area contributed by atoms with Crippen LogP contribution in [0.25, 0.3) is 0 Å². The third kappa shape index (κ3) is 4.66. The second kappa shape index (κ2) is 6.12. The number of hydrogen-bond acceptors (Lipinski definition) is 3. The van der Waals surface area contributed by atoms with Crippen molar-refractivity contribution in [1.29, 1.82) is 5.26 Å². The van der Waals surface area contributed by atoms with Crippen molar-refractivity contribution in [2.75, 3.05) is 5.32 Å². The molecule has 0 saturated carbocycles. The number of hydrogen-bond donors (Lipinski definition) is 3. The molecule has 0 aliphatic rings. The summed E-state index contributed by atoms with van der Waals surface area (Å²) in [7, 11) is 0. The molecule has 4 N–H and O–H groups in total. The summed E-state index contributed by atoms with van der Waals surface area (Å²) in [6.07, 6.45) is -0.176. The monoisotopic (exact) mass is 232 g/mol. The Morgan fingerprint density at radius 3 is 2.47 bits per heavy atom. The fourth-order valence-electron chi connectivity index (χ4n) is 1.17. The molecule has 0 bridgehead atoms. The molecule has 0 aliphatic heterocycles. The predicted octanol–water partition coefficient (Wildman–Crippen LogP) is 0.707. The molecule has 0 aromatic heterocycles. The Kier molecular flexibility index (Phi) is 4.51. The molecule has 17 heavy (non-hydrogen) atoms. The van der Waals surface area contributed by atoms with Crippen molar-refractivity contribution < 1.29 is 9.59 Å². The van der Waals surface area contributed by atoms with Gasteiger partial charge < -0.3 is 16.4 Å². The van der Waals surface area contributed by atoms with Crippen LogP contribution in [-0.4, -0.2) is 11.9 Å². The number of anilines is 1. The molecular weight excluding hydrogens is 220 g/mol. The van der Waals surface area contributed by atoms with Gasteiger partial charge in [0.2, 0.25) is 5.91 Å². The number of urea groups is 1. The van der Waals surface area contributed by atoms with Gasteiger partial charge in [0.25, 0.3) is 0 Å². The molecule has 0 radical (unpaired) electrons. The average molecular weight is 232 g/mol. The molecule has 0 fully saturated rings. The van der Waals surface area contributed by atoms with Crippen molar-refractivity contribution in [2.45, 2.75) is 13.0 Å². The summed E-state index contributed by atoms with van der Waals surface area (Å²) in [6.45, 7) is 0.335. The van der Waals surface area contributed by atoms with Gasteiger partial charge in [0.1, 0.15) is 6.42 Å². The van der Waals surface area contributed by atoms with E-state index >= 15 is 0 Å². The Morgan fingerprint density at radius 1 is 1.29 bits per heavy atom. The van der Waals surface area contributed by atoms with E-state index in [-0.39, 0.29) is 12.3 Å². The standard InChI is InChI=1S/C11H12N4O2/c12-6-5-10(16)15-9-3-1-8(2-4-9)7-14-11(13)17/h1-4H,5,7H2,(H,15,16)(H3,13,14,17). The average Bonchev–Trinajstić information content (AvgIpc) is 2.28. The maximum atomic E-state index is 11.1. The van der Waals surface area contributed by atoms with Crippen molar-refractivity contribution in [3.05, 3.63) is 29.8 Å². The van der Waals surface area contributed by atoms with Crippen LogP contribution >= 0.6 is 0 Å². The van der Waals surface area contributed by atoms with E-state index in [9.17, 15) is 9.59 Å². The quantitative estimate of drug-likeness (QED) is 0.711. The van der Waals surface area contributed by atoms with E-state index in [0.717, 1.165) is 5.56 Å². The van der Waals surface area contributed by atoms with Gasteiger partial charge in [0.15, 0.2) is 0 Å². The van der Waals surface area contributed by atoms with Crippen LogP contribution in [0.4, 0.5) is 10.5 Å². The number of primary amides is 1. The Hall–Kier alpha value is -2.55. The molecule has 0 atom stereocenters. The van der Waals surface area contributed by atoms with Crippen LogP contribution in [0.2, 0.25) is 0 Å². The number of carbonyl (C=O) groups excluding carboxylic acids is 2. The van der Waals surface area contributed by atoms with Crippen molar-refractivity contribution in [3.63, 3.8) is 0 Å². The van der Waals surface area contributed by atoms with E-state index in [1.54, 1.807) is 30.3 Å². The van der Waals surface area contributed by atoms with Crippen LogP contribution in [0.15, 0.2) is 24.3 Å². The Bertz CT molecular complexity index is 448. The second-order valence-electron chi connectivity index (χ2n) is 3.30. The predicted molar refractivity (Wildman–Crippen MR) is 61.7 cm³/mol. The summed E-state index contributed by atoms with van der Waals surface area (Å²) in [5.41, 5.74) is 6.40. The molecule has 0 heterocycles. The fourth-order valence-corrected chi connectivity index (χ4v) is 1.17. The normalized spacial score (nSPS) is 9.12. The maximum Gasteiger partial charge on any atom is 0.312 e. The summed E-state index contributed by atoms with van der Waals surface area (Å²) in [6, 6.07) is 8.04. The molecule has 0 spiro atoms. The molecule has 0 aliphatic carbocycles. The molecule has 1 aromatic carbocycles. The minimum absolute atomic E-state index is 0.176. The number of nitrogens with two attached hydrogens (primary N) is 1. The second-order valence-corrected chi connectivity index (χ2v) is 3.30. The zero-order chi connectivity index (χ0) is 12.7. The SMILES string of the molecule is N#CCC(=O)Nc1ccc(CNC(N)=O)cc1. The lowest BCUT2D eigenvalue weighted by molar-refractivity contribution is -0.115. The van der Waals surface area contributed by atoms with Crippen LogP contribution < -0.4 is 16.4 Å². The van der Waals surface area contributed by atoms with E-state index in [1.807, 2.05) is 0 Å². The first kappa shape index (κ1) is 12.5. The highest BCUT2D eigenvalue weighted by Crippen LogP contribution is 2.09. The Morgan fingerprint density at radius 2 is 1.94 bits per heavy atom. The highest BCUT2D eigenvalue weighted by Gasteiger charge is 2.01. The minimum atomic E-state index is -0.587. The van der Waals surface area contributed by atoms with Crippen LogP contribution in [-0.2, 0) is 11.3 Å². The summed E-state index contributed by atoms with van der Waals surface area (Å²) >= 11 is 0. The topological polar surface area (TPSA) is 108 Å². The van der Waals surface area contributed by atoms with Gasteiger partial charge in [-0.15, -0.1) is 0 Å². The first-order valence-electron chi connectivity index (χ1n) is 4.91. The maximum absolute atomic E-state index is 11.1. The summed E-state index contributed by atoms with van der Waals surface area (Å²) < 4.78 is 0. The van der Waals surface area contributed by atoms with Gasteiger partial charge in [-0.3, -0.25) is 4.79 Å². The zero-order valence-electron chi connectivity index (χ0n) is 9.06. The summed E-state index contributed by atoms with van der Waals surface area (Å²) in [5, 5.41) is 13.3. The number of amides is 3. The Labute approximate surface area is 98.4 Å². The number of benzene rings is 1. The molecule has 88 valence electrons. The van der Waals surface area contributed by atoms with E-state index in [2.05, 4.69) is 10.6 Å². The van der Waals surface area contributed by atoms with E-state index in [1.165, 1.54) is 0 Å². The molecule has 1 rings (SSSR count). The molecule has 3 amide bonds. The van der Waals surface area contributed by atoms with Crippen molar-refractivity contribution >= 4 is 17.6 Å². The number of carbonyl (C=O) groups is 2. The molecule has 1 aromatic rings. The zero-order valence-corrected chi connectivity index (χ0v) is 9.06. The van der Waals surface area contributed by atoms with Crippen LogP contribution in [0.5, 0.6) is 0 Å². The third-order valence-electron chi connectivity index (χ3n) is 1.94. The van der Waals surface area contributed by atoms with Gasteiger partial charge >= 0.3 is 6.03 Å². The smallest absolute Gasteiger partial charge is 0.312 e. The van der Waals surface area contributed by atoms with E-state index in [4.69, 9.17) is 11.0 Å². The first-order valence-corrected chi connectivity index (χ1v) is 4.91. The van der Waals surface area contributed by atoms with Gasteiger partial charge in [-0.2, -0.15) is 5.26 Å². The van der Waals surface area contributed by atoms with Gasteiger partial charge in [0, 0.05) is 12.2 Å². The lowest BCUT2D eigenvalue weighted by Gasteiger charge is -2.05. The number of rotatable bonds is 4. The molecule has 6 heteroatoms. The highest BCUT2D eigenvalue weighted by atomic mass is 16.2. The lowest BCUT2D eigenvalue weighted by atomic mass is 10.2. The van der Waals surface area contributed by atoms with Crippen molar-refractivity contribution in [1.82, 2.24) is 5.32 Å². The van der Waals surface area contributed by atoms with E-state index < -0.39 is 6.03 Å². The van der Waals surface area contributed by atoms with Crippen molar-refractivity contribution in [2.24, 2.45) is 5.73 Å². The minimum Gasteiger partial charge on any atom is -0.352 e. The number of nitriles is 1. The molecule has 0 unspecified atom stereocenters. The van der Waals surface area contributed by atoms with Crippen LogP contribution in [0, 0.1) is 11.3 Å². The molecular formula is C11H12N4O2. The van der Waals surface area contributed by atoms with E-state index in [0.29, 0.717) is 12.2 Å². The Balaban J connectivity index is 2.53. The highest BCUT2D eigenvalue weighted by molar-refractivity contribution is 5.91. The third-order valence-corrected chi connectivity index (χ3v) is 1.94. The van der Waals surface area contributed by atoms with Gasteiger partial charge in [-0.1, -0.05) is 12.1 Å². The first-order chi connectivity index (χ1) is 8.11. The molecule has 0 saturated heterocycles. The van der Waals surface area contributed by atoms with Gasteiger partial charge in [-0.05, 0) is 17.7 Å². The van der Waals surface area contributed by atoms with Gasteiger partial charge in [0.05, 0.1) is 6.07 Å². The number of nitrogens with zero attached hydrogens (tertiary/aromatic N) is 1. The summed E-state index contributed by atoms with van der Waals surface area (Å²) in [4.78, 5) is 21.6. The van der Waals surface area contributed by atoms with Crippen LogP contribution in [0.1, 0.15) is 12.0 Å². The lowest BCUT2D eigenvalue weighted by Crippen LogP contribution is -2.28.